The molecule has 0 saturated heterocycles. The van der Waals surface area contributed by atoms with Gasteiger partial charge in [-0.1, -0.05) is 30.3 Å². The van der Waals surface area contributed by atoms with Gasteiger partial charge in [0.05, 0.1) is 0 Å². The molecule has 106 valence electrons. The van der Waals surface area contributed by atoms with Crippen molar-refractivity contribution in [2.75, 3.05) is 6.54 Å². The van der Waals surface area contributed by atoms with Crippen LogP contribution in [0.15, 0.2) is 54.6 Å². The summed E-state index contributed by atoms with van der Waals surface area (Å²) in [6.45, 7) is 0.525. The van der Waals surface area contributed by atoms with Gasteiger partial charge in [0.25, 0.3) is 5.91 Å². The molecule has 4 heteroatoms. The fraction of sp³-hybridized carbons (Fsp3) is 0.118. The van der Waals surface area contributed by atoms with Crippen LogP contribution in [0.25, 0.3) is 10.9 Å². The molecule has 4 nitrogen and oxygen atoms in total. The standard InChI is InChI=1S/C17H16N2O2/c20-14-6-3-4-12(10-14)8-9-18-17(21)16-11-13-5-1-2-7-15(13)19-16/h1-7,10-11,19-20H,8-9H2,(H,18,21). The molecule has 0 saturated carbocycles. The Kier molecular flexibility index (Phi) is 3.60. The molecule has 0 radical (unpaired) electrons. The molecule has 1 amide bonds. The smallest absolute Gasteiger partial charge is 0.267 e. The van der Waals surface area contributed by atoms with Gasteiger partial charge in [0.1, 0.15) is 11.4 Å². The lowest BCUT2D eigenvalue weighted by Gasteiger charge is -2.04. The van der Waals surface area contributed by atoms with Gasteiger partial charge in [-0.25, -0.2) is 0 Å². The van der Waals surface area contributed by atoms with Gasteiger partial charge in [0.15, 0.2) is 0 Å². The van der Waals surface area contributed by atoms with E-state index in [4.69, 9.17) is 0 Å². The molecule has 0 atom stereocenters. The molecule has 0 aliphatic carbocycles. The van der Waals surface area contributed by atoms with Crippen molar-refractivity contribution < 1.29 is 9.90 Å². The first-order valence-corrected chi connectivity index (χ1v) is 6.86. The van der Waals surface area contributed by atoms with Crippen molar-refractivity contribution in [1.29, 1.82) is 0 Å². The molecule has 3 rings (SSSR count). The van der Waals surface area contributed by atoms with E-state index in [0.717, 1.165) is 16.5 Å². The third-order valence-electron chi connectivity index (χ3n) is 3.38. The van der Waals surface area contributed by atoms with Crippen LogP contribution in [-0.4, -0.2) is 22.5 Å². The highest BCUT2D eigenvalue weighted by Crippen LogP contribution is 2.14. The van der Waals surface area contributed by atoms with Crippen molar-refractivity contribution in [1.82, 2.24) is 10.3 Å². The number of carbonyl (C=O) groups excluding carboxylic acids is 1. The zero-order valence-corrected chi connectivity index (χ0v) is 11.5. The number of nitrogens with one attached hydrogen (secondary N) is 2. The summed E-state index contributed by atoms with van der Waals surface area (Å²) in [6.07, 6.45) is 0.681. The highest BCUT2D eigenvalue weighted by Gasteiger charge is 2.08. The van der Waals surface area contributed by atoms with Gasteiger partial charge in [-0.2, -0.15) is 0 Å². The van der Waals surface area contributed by atoms with E-state index in [-0.39, 0.29) is 11.7 Å². The van der Waals surface area contributed by atoms with Crippen LogP contribution in [0.1, 0.15) is 16.1 Å². The zero-order chi connectivity index (χ0) is 14.7. The summed E-state index contributed by atoms with van der Waals surface area (Å²) in [7, 11) is 0. The molecule has 0 aliphatic heterocycles. The second-order valence-electron chi connectivity index (χ2n) is 4.95. The number of aromatic hydroxyl groups is 1. The second-order valence-corrected chi connectivity index (χ2v) is 4.95. The molecule has 2 aromatic carbocycles. The molecule has 1 aromatic heterocycles. The highest BCUT2D eigenvalue weighted by molar-refractivity contribution is 5.97. The number of hydrogen-bond acceptors (Lipinski definition) is 2. The topological polar surface area (TPSA) is 65.1 Å². The number of rotatable bonds is 4. The number of para-hydroxylation sites is 1. The van der Waals surface area contributed by atoms with E-state index in [1.165, 1.54) is 0 Å². The summed E-state index contributed by atoms with van der Waals surface area (Å²) in [5.41, 5.74) is 2.51. The molecule has 0 aliphatic rings. The summed E-state index contributed by atoms with van der Waals surface area (Å²) in [6, 6.07) is 16.7. The average Bonchev–Trinajstić information content (AvgIpc) is 2.91. The van der Waals surface area contributed by atoms with E-state index >= 15 is 0 Å². The number of hydrogen-bond donors (Lipinski definition) is 3. The van der Waals surface area contributed by atoms with Crippen LogP contribution in [0.5, 0.6) is 5.75 Å². The predicted octanol–water partition coefficient (Wildman–Crippen LogP) is 2.85. The van der Waals surface area contributed by atoms with Crippen LogP contribution < -0.4 is 5.32 Å². The minimum absolute atomic E-state index is 0.119. The van der Waals surface area contributed by atoms with Crippen molar-refractivity contribution >= 4 is 16.8 Å². The maximum atomic E-state index is 12.1. The van der Waals surface area contributed by atoms with Crippen molar-refractivity contribution in [2.45, 2.75) is 6.42 Å². The van der Waals surface area contributed by atoms with Gasteiger partial charge in [-0.3, -0.25) is 4.79 Å². The molecule has 0 spiro atoms. The molecule has 1 heterocycles. The van der Waals surface area contributed by atoms with Crippen LogP contribution in [-0.2, 0) is 6.42 Å². The SMILES string of the molecule is O=C(NCCc1cccc(O)c1)c1cc2ccccc2[nH]1. The summed E-state index contributed by atoms with van der Waals surface area (Å²) in [4.78, 5) is 15.2. The molecule has 0 bridgehead atoms. The Morgan fingerprint density at radius 2 is 1.95 bits per heavy atom. The molecule has 21 heavy (non-hydrogen) atoms. The number of aromatic nitrogens is 1. The van der Waals surface area contributed by atoms with E-state index < -0.39 is 0 Å². The Morgan fingerprint density at radius 1 is 1.10 bits per heavy atom. The van der Waals surface area contributed by atoms with Crippen LogP contribution in [0.4, 0.5) is 0 Å². The summed E-state index contributed by atoms with van der Waals surface area (Å²) in [5.74, 6) is 0.126. The van der Waals surface area contributed by atoms with Gasteiger partial charge >= 0.3 is 0 Å². The molecular weight excluding hydrogens is 264 g/mol. The van der Waals surface area contributed by atoms with Crippen molar-refractivity contribution in [3.05, 3.63) is 65.9 Å². The Labute approximate surface area is 122 Å². The maximum absolute atomic E-state index is 12.1. The Balaban J connectivity index is 1.61. The quantitative estimate of drug-likeness (QED) is 0.688. The number of phenols is 1. The Morgan fingerprint density at radius 3 is 2.76 bits per heavy atom. The fourth-order valence-corrected chi connectivity index (χ4v) is 2.32. The number of H-pyrrole nitrogens is 1. The van der Waals surface area contributed by atoms with Gasteiger partial charge in [0, 0.05) is 17.4 Å². The number of carbonyl (C=O) groups is 1. The first-order chi connectivity index (χ1) is 10.2. The summed E-state index contributed by atoms with van der Waals surface area (Å²) in [5, 5.41) is 13.3. The van der Waals surface area contributed by atoms with Crippen molar-refractivity contribution in [3.8, 4) is 5.75 Å². The van der Waals surface area contributed by atoms with Crippen molar-refractivity contribution in [3.63, 3.8) is 0 Å². The van der Waals surface area contributed by atoms with Crippen LogP contribution in [0.3, 0.4) is 0 Å². The maximum Gasteiger partial charge on any atom is 0.267 e. The molecule has 0 unspecified atom stereocenters. The Bertz CT molecular complexity index is 744. The summed E-state index contributed by atoms with van der Waals surface area (Å²) >= 11 is 0. The summed E-state index contributed by atoms with van der Waals surface area (Å²) < 4.78 is 0. The number of aromatic amines is 1. The fourth-order valence-electron chi connectivity index (χ4n) is 2.32. The van der Waals surface area contributed by atoms with Crippen molar-refractivity contribution in [2.24, 2.45) is 0 Å². The van der Waals surface area contributed by atoms with Crippen LogP contribution >= 0.6 is 0 Å². The third kappa shape index (κ3) is 3.05. The number of phenolic OH excluding ortho intramolecular Hbond substituents is 1. The van der Waals surface area contributed by atoms with Gasteiger partial charge in [0.2, 0.25) is 0 Å². The van der Waals surface area contributed by atoms with Gasteiger partial charge < -0.3 is 15.4 Å². The van der Waals surface area contributed by atoms with E-state index in [0.29, 0.717) is 18.7 Å². The second kappa shape index (κ2) is 5.71. The van der Waals surface area contributed by atoms with E-state index in [1.807, 2.05) is 36.4 Å². The lowest BCUT2D eigenvalue weighted by molar-refractivity contribution is 0.0950. The molecule has 0 fully saturated rings. The predicted molar refractivity (Wildman–Crippen MR) is 82.4 cm³/mol. The lowest BCUT2D eigenvalue weighted by atomic mass is 10.1. The molecule has 3 aromatic rings. The normalized spacial score (nSPS) is 10.7. The third-order valence-corrected chi connectivity index (χ3v) is 3.38. The largest absolute Gasteiger partial charge is 0.508 e. The van der Waals surface area contributed by atoms with Gasteiger partial charge in [-0.05, 0) is 36.2 Å². The minimum Gasteiger partial charge on any atom is -0.508 e. The van der Waals surface area contributed by atoms with Crippen LogP contribution in [0, 0.1) is 0 Å². The zero-order valence-electron chi connectivity index (χ0n) is 11.5. The minimum atomic E-state index is -0.119. The highest BCUT2D eigenvalue weighted by atomic mass is 16.3. The van der Waals surface area contributed by atoms with E-state index in [9.17, 15) is 9.90 Å². The first kappa shape index (κ1) is 13.2. The van der Waals surface area contributed by atoms with E-state index in [2.05, 4.69) is 10.3 Å². The van der Waals surface area contributed by atoms with Crippen LogP contribution in [0.2, 0.25) is 0 Å². The average molecular weight is 280 g/mol. The van der Waals surface area contributed by atoms with Gasteiger partial charge in [-0.15, -0.1) is 0 Å². The monoisotopic (exact) mass is 280 g/mol. The lowest BCUT2D eigenvalue weighted by Crippen LogP contribution is -2.25. The first-order valence-electron chi connectivity index (χ1n) is 6.86. The number of benzene rings is 2. The Hall–Kier alpha value is -2.75. The molecular formula is C17H16N2O2. The molecule has 3 N–H and O–H groups in total. The van der Waals surface area contributed by atoms with E-state index in [1.54, 1.807) is 18.2 Å². The number of fused-ring (bicyclic) bond motifs is 1. The number of amides is 1.